The van der Waals surface area contributed by atoms with Crippen LogP contribution in [0, 0.1) is 23.6 Å². The summed E-state index contributed by atoms with van der Waals surface area (Å²) < 4.78 is 62.7. The summed E-state index contributed by atoms with van der Waals surface area (Å²) in [6.07, 6.45) is -4.99. The predicted octanol–water partition coefficient (Wildman–Crippen LogP) is 3.40. The smallest absolute Gasteiger partial charge is 0.447 e. The summed E-state index contributed by atoms with van der Waals surface area (Å²) in [6, 6.07) is 11.2. The summed E-state index contributed by atoms with van der Waals surface area (Å²) in [5.74, 6) is -5.96. The Morgan fingerprint density at radius 2 is 1.72 bits per heavy atom. The Hall–Kier alpha value is -4.33. The molecule has 2 aliphatic heterocycles. The number of halogens is 4. The number of nitrogens with zero attached hydrogens (tertiary/aromatic N) is 1. The highest BCUT2D eigenvalue weighted by Gasteiger charge is 2.52. The molecule has 6 atom stereocenters. The van der Waals surface area contributed by atoms with Gasteiger partial charge in [0.25, 0.3) is 5.91 Å². The third-order valence-electron chi connectivity index (χ3n) is 9.06. The monoisotopic (exact) mass is 661 g/mol. The third kappa shape index (κ3) is 8.34. The Kier molecular flexibility index (Phi) is 10.6. The lowest BCUT2D eigenvalue weighted by molar-refractivity contribution is -0.321. The van der Waals surface area contributed by atoms with E-state index < -0.39 is 72.4 Å². The zero-order valence-electron chi connectivity index (χ0n) is 25.3. The van der Waals surface area contributed by atoms with Crippen LogP contribution in [0.5, 0.6) is 0 Å². The van der Waals surface area contributed by atoms with Crippen molar-refractivity contribution in [2.75, 3.05) is 19.7 Å². The number of benzene rings is 2. The van der Waals surface area contributed by atoms with E-state index in [0.29, 0.717) is 31.4 Å². The number of alkyl halides is 3. The van der Waals surface area contributed by atoms with Gasteiger partial charge in [-0.2, -0.15) is 0 Å². The molecule has 14 heteroatoms. The Morgan fingerprint density at radius 3 is 2.40 bits per heavy atom. The van der Waals surface area contributed by atoms with Crippen LogP contribution in [0.25, 0.3) is 0 Å². The lowest BCUT2D eigenvalue weighted by Crippen LogP contribution is -2.54. The van der Waals surface area contributed by atoms with Crippen molar-refractivity contribution in [2.24, 2.45) is 17.8 Å². The summed E-state index contributed by atoms with van der Waals surface area (Å²) in [6.45, 7) is -0.981. The minimum absolute atomic E-state index is 0.0869. The number of hydrogen-bond donors (Lipinski definition) is 2. The Balaban J connectivity index is 1.40. The first kappa shape index (κ1) is 34.0. The minimum atomic E-state index is -5.10. The molecule has 5 rings (SSSR count). The second-order valence-electron chi connectivity index (χ2n) is 12.1. The number of likely N-dealkylation sites (tertiary alicyclic amines) is 1. The van der Waals surface area contributed by atoms with E-state index in [0.717, 1.165) is 12.5 Å². The maximum Gasteiger partial charge on any atom is 0.522 e. The summed E-state index contributed by atoms with van der Waals surface area (Å²) in [5.41, 5.74) is 0.395. The maximum atomic E-state index is 15.1. The van der Waals surface area contributed by atoms with Gasteiger partial charge in [0.2, 0.25) is 17.9 Å². The molecule has 3 fully saturated rings. The van der Waals surface area contributed by atoms with Crippen LogP contribution in [-0.2, 0) is 39.9 Å². The van der Waals surface area contributed by atoms with Crippen molar-refractivity contribution < 1.29 is 51.0 Å². The summed E-state index contributed by atoms with van der Waals surface area (Å²) in [5, 5.41) is 5.11. The number of esters is 1. The Morgan fingerprint density at radius 1 is 1.00 bits per heavy atom. The van der Waals surface area contributed by atoms with E-state index in [1.165, 1.54) is 23.1 Å². The van der Waals surface area contributed by atoms with Gasteiger partial charge in [0, 0.05) is 24.6 Å². The van der Waals surface area contributed by atoms with Gasteiger partial charge in [0.1, 0.15) is 18.5 Å². The molecule has 2 aromatic rings. The summed E-state index contributed by atoms with van der Waals surface area (Å²) in [4.78, 5) is 67.6. The number of ketones is 1. The molecule has 47 heavy (non-hydrogen) atoms. The molecule has 3 amide bonds. The Bertz CT molecular complexity index is 1490. The van der Waals surface area contributed by atoms with Crippen LogP contribution in [0.1, 0.15) is 49.3 Å². The number of carbonyl (C=O) groups is 5. The molecule has 10 nitrogen and oxygen atoms in total. The summed E-state index contributed by atoms with van der Waals surface area (Å²) >= 11 is 0. The van der Waals surface area contributed by atoms with E-state index in [1.807, 2.05) is 0 Å². The van der Waals surface area contributed by atoms with E-state index in [9.17, 15) is 37.1 Å². The molecular weight excluding hydrogens is 626 g/mol. The number of rotatable bonds is 12. The first-order valence-corrected chi connectivity index (χ1v) is 15.5. The van der Waals surface area contributed by atoms with Crippen LogP contribution in [0.15, 0.2) is 54.6 Å². The molecule has 2 aromatic carbocycles. The summed E-state index contributed by atoms with van der Waals surface area (Å²) in [7, 11) is 0. The van der Waals surface area contributed by atoms with Crippen LogP contribution in [-0.4, -0.2) is 72.5 Å². The highest BCUT2D eigenvalue weighted by molar-refractivity contribution is 5.95. The number of carbonyl (C=O) groups excluding carboxylic acids is 5. The standard InChI is InChI=1S/C33H35F4N3O7/c34-24-12-5-4-10-23(24)29(47-27(42)15-19-7-2-1-3-8-19)32(45)40-17-21-9-6-11-22(21)28(40)31(44)39-25(16-20-13-14-38-30(20)43)26(41)18-46-33(35,36)37/h1-5,7-8,10,12,20-22,25,28-29H,6,9,11,13-18H2,(H,38,43)(H,39,44)/t20-,21-,22-,25?,28-,29?/m0/s1. The van der Waals surface area contributed by atoms with Gasteiger partial charge < -0.3 is 20.3 Å². The van der Waals surface area contributed by atoms with Crippen molar-refractivity contribution in [3.8, 4) is 0 Å². The minimum Gasteiger partial charge on any atom is -0.447 e. The molecule has 0 aromatic heterocycles. The van der Waals surface area contributed by atoms with Gasteiger partial charge in [-0.25, -0.2) is 4.39 Å². The van der Waals surface area contributed by atoms with Gasteiger partial charge in [0.05, 0.1) is 12.5 Å². The second kappa shape index (κ2) is 14.6. The number of fused-ring (bicyclic) bond motifs is 1. The molecule has 2 N–H and O–H groups in total. The van der Waals surface area contributed by atoms with Crippen molar-refractivity contribution in [3.05, 3.63) is 71.5 Å². The van der Waals surface area contributed by atoms with E-state index in [2.05, 4.69) is 15.4 Å². The molecule has 2 heterocycles. The molecule has 252 valence electrons. The van der Waals surface area contributed by atoms with Crippen molar-refractivity contribution in [3.63, 3.8) is 0 Å². The van der Waals surface area contributed by atoms with Crippen LogP contribution >= 0.6 is 0 Å². The average molecular weight is 662 g/mol. The first-order chi connectivity index (χ1) is 22.4. The van der Waals surface area contributed by atoms with E-state index in [1.54, 1.807) is 30.3 Å². The van der Waals surface area contributed by atoms with Gasteiger partial charge in [-0.05, 0) is 49.1 Å². The predicted molar refractivity (Wildman–Crippen MR) is 156 cm³/mol. The fourth-order valence-corrected chi connectivity index (χ4v) is 6.83. The maximum absolute atomic E-state index is 15.1. The highest BCUT2D eigenvalue weighted by Crippen LogP contribution is 2.43. The van der Waals surface area contributed by atoms with Crippen LogP contribution in [0.2, 0.25) is 0 Å². The van der Waals surface area contributed by atoms with Gasteiger partial charge in [-0.15, -0.1) is 13.2 Å². The molecule has 3 aliphatic rings. The molecular formula is C33H35F4N3O7. The number of ether oxygens (including phenoxy) is 2. The van der Waals surface area contributed by atoms with Gasteiger partial charge in [-0.1, -0.05) is 55.0 Å². The van der Waals surface area contributed by atoms with Crippen molar-refractivity contribution >= 4 is 29.5 Å². The molecule has 0 radical (unpaired) electrons. The topological polar surface area (TPSA) is 131 Å². The fourth-order valence-electron chi connectivity index (χ4n) is 6.83. The average Bonchev–Trinajstić information content (AvgIpc) is 3.75. The Labute approximate surface area is 268 Å². The quantitative estimate of drug-likeness (QED) is 0.264. The third-order valence-corrected chi connectivity index (χ3v) is 9.06. The molecule has 0 bridgehead atoms. The van der Waals surface area contributed by atoms with Gasteiger partial charge in [0.15, 0.2) is 5.78 Å². The highest BCUT2D eigenvalue weighted by atomic mass is 19.4. The largest absolute Gasteiger partial charge is 0.522 e. The molecule has 1 saturated carbocycles. The molecule has 2 saturated heterocycles. The van der Waals surface area contributed by atoms with Gasteiger partial charge >= 0.3 is 12.3 Å². The first-order valence-electron chi connectivity index (χ1n) is 15.5. The fraction of sp³-hybridized carbons (Fsp3) is 0.485. The van der Waals surface area contributed by atoms with Crippen molar-refractivity contribution in [1.29, 1.82) is 0 Å². The van der Waals surface area contributed by atoms with Crippen molar-refractivity contribution in [1.82, 2.24) is 15.5 Å². The van der Waals surface area contributed by atoms with E-state index >= 15 is 4.39 Å². The lowest BCUT2D eigenvalue weighted by atomic mass is 9.92. The van der Waals surface area contributed by atoms with Crippen molar-refractivity contribution in [2.45, 2.75) is 63.1 Å². The number of nitrogens with one attached hydrogen (secondary N) is 2. The molecule has 0 spiro atoms. The number of Topliss-reactive ketones (excluding diaryl/α,β-unsaturated/α-hetero) is 1. The van der Waals surface area contributed by atoms with E-state index in [4.69, 9.17) is 4.74 Å². The zero-order valence-corrected chi connectivity index (χ0v) is 25.3. The number of amides is 3. The molecule has 2 unspecified atom stereocenters. The van der Waals surface area contributed by atoms with Gasteiger partial charge in [-0.3, -0.25) is 28.7 Å². The van der Waals surface area contributed by atoms with Crippen LogP contribution in [0.3, 0.4) is 0 Å². The zero-order chi connectivity index (χ0) is 33.7. The van der Waals surface area contributed by atoms with Crippen LogP contribution < -0.4 is 10.6 Å². The normalized spacial score (nSPS) is 23.5. The number of hydrogen-bond acceptors (Lipinski definition) is 7. The molecule has 1 aliphatic carbocycles. The lowest BCUT2D eigenvalue weighted by Gasteiger charge is -2.31. The second-order valence-corrected chi connectivity index (χ2v) is 12.1. The SMILES string of the molecule is O=C(Cc1ccccc1)OC(C(=O)N1C[C@@H]2CCC[C@@H]2[C@H]1C(=O)NC(C[C@@H]1CCNC1=O)C(=O)COC(F)(F)F)c1ccccc1F. The van der Waals surface area contributed by atoms with Crippen LogP contribution in [0.4, 0.5) is 17.6 Å². The van der Waals surface area contributed by atoms with E-state index in [-0.39, 0.29) is 36.8 Å².